The van der Waals surface area contributed by atoms with Crippen LogP contribution in [0.1, 0.15) is 0 Å². The maximum Gasteiger partial charge on any atom is 0.160 e. The maximum absolute atomic E-state index is 6.61. The van der Waals surface area contributed by atoms with E-state index in [9.17, 15) is 0 Å². The van der Waals surface area contributed by atoms with Crippen LogP contribution in [0.4, 0.5) is 0 Å². The molecule has 32 heavy (non-hydrogen) atoms. The number of aromatic nitrogens is 2. The van der Waals surface area contributed by atoms with Crippen LogP contribution < -0.4 is 0 Å². The molecule has 0 fully saturated rings. The Morgan fingerprint density at radius 2 is 1.19 bits per heavy atom. The third kappa shape index (κ3) is 3.27. The second kappa shape index (κ2) is 7.86. The number of halogens is 1. The second-order valence-electron chi connectivity index (χ2n) is 7.60. The van der Waals surface area contributed by atoms with E-state index in [0.717, 1.165) is 42.1 Å². The lowest BCUT2D eigenvalue weighted by Gasteiger charge is -2.08. The summed E-state index contributed by atoms with van der Waals surface area (Å²) in [5.41, 5.74) is 6.26. The largest absolute Gasteiger partial charge is 0.226 e. The van der Waals surface area contributed by atoms with Crippen LogP contribution in [0.25, 0.3) is 54.1 Å². The summed E-state index contributed by atoms with van der Waals surface area (Å²) in [7, 11) is 0. The monoisotopic (exact) mass is 448 g/mol. The predicted molar refractivity (Wildman–Crippen MR) is 136 cm³/mol. The number of fused-ring (bicyclic) bond motifs is 3. The average molecular weight is 449 g/mol. The van der Waals surface area contributed by atoms with Gasteiger partial charge in [0.05, 0.1) is 20.9 Å². The first-order valence-corrected chi connectivity index (χ1v) is 11.6. The normalized spacial score (nSPS) is 11.3. The van der Waals surface area contributed by atoms with Crippen LogP contribution in [0.3, 0.4) is 0 Å². The van der Waals surface area contributed by atoms with E-state index in [1.807, 2.05) is 36.4 Å². The molecule has 152 valence electrons. The molecule has 4 heteroatoms. The zero-order valence-electron chi connectivity index (χ0n) is 17.0. The van der Waals surface area contributed by atoms with Gasteiger partial charge in [0.1, 0.15) is 0 Å². The molecule has 0 spiro atoms. The summed E-state index contributed by atoms with van der Waals surface area (Å²) in [5.74, 6) is 0.704. The molecule has 0 unspecified atom stereocenters. The van der Waals surface area contributed by atoms with Gasteiger partial charge in [0.15, 0.2) is 5.82 Å². The van der Waals surface area contributed by atoms with Crippen LogP contribution in [-0.4, -0.2) is 9.97 Å². The van der Waals surface area contributed by atoms with Gasteiger partial charge in [0.2, 0.25) is 0 Å². The van der Waals surface area contributed by atoms with Crippen molar-refractivity contribution in [3.8, 4) is 33.8 Å². The lowest BCUT2D eigenvalue weighted by atomic mass is 10.0. The van der Waals surface area contributed by atoms with Crippen molar-refractivity contribution in [2.24, 2.45) is 0 Å². The summed E-state index contributed by atoms with van der Waals surface area (Å²) in [5, 5.41) is 1.72. The standard InChI is InChI=1S/C28H17ClN2S/c29-22-12-7-13-23-24(22)26-27(32-23)25(20-10-5-2-6-11-20)30-28(31-26)21-16-14-19(15-17-21)18-8-3-1-4-9-18/h1-17H. The number of thiophene rings is 1. The Hall–Kier alpha value is -3.53. The molecule has 0 saturated heterocycles. The van der Waals surface area contributed by atoms with Gasteiger partial charge in [0.25, 0.3) is 0 Å². The first kappa shape index (κ1) is 19.2. The third-order valence-electron chi connectivity index (χ3n) is 5.59. The van der Waals surface area contributed by atoms with Crippen LogP contribution in [0.5, 0.6) is 0 Å². The van der Waals surface area contributed by atoms with E-state index in [-0.39, 0.29) is 0 Å². The number of hydrogen-bond acceptors (Lipinski definition) is 3. The Balaban J connectivity index is 1.58. The van der Waals surface area contributed by atoms with Gasteiger partial charge in [-0.2, -0.15) is 0 Å². The smallest absolute Gasteiger partial charge is 0.160 e. The Morgan fingerprint density at radius 3 is 1.91 bits per heavy atom. The summed E-state index contributed by atoms with van der Waals surface area (Å²) in [4.78, 5) is 10.0. The molecule has 0 N–H and O–H groups in total. The Bertz CT molecular complexity index is 1560. The highest BCUT2D eigenvalue weighted by Gasteiger charge is 2.17. The first-order chi connectivity index (χ1) is 15.8. The van der Waals surface area contributed by atoms with Gasteiger partial charge in [-0.15, -0.1) is 11.3 Å². The van der Waals surface area contributed by atoms with Crippen molar-refractivity contribution < 1.29 is 0 Å². The number of benzene rings is 4. The van der Waals surface area contributed by atoms with Gasteiger partial charge in [-0.3, -0.25) is 0 Å². The molecule has 0 aliphatic heterocycles. The second-order valence-corrected chi connectivity index (χ2v) is 9.06. The van der Waals surface area contributed by atoms with E-state index in [2.05, 4.69) is 66.7 Å². The summed E-state index contributed by atoms with van der Waals surface area (Å²) in [6, 6.07) is 35.1. The van der Waals surface area contributed by atoms with Crippen molar-refractivity contribution in [1.82, 2.24) is 9.97 Å². The van der Waals surface area contributed by atoms with Gasteiger partial charge >= 0.3 is 0 Å². The maximum atomic E-state index is 6.61. The van der Waals surface area contributed by atoms with Crippen LogP contribution in [0.15, 0.2) is 103 Å². The minimum Gasteiger partial charge on any atom is -0.226 e. The first-order valence-electron chi connectivity index (χ1n) is 10.4. The van der Waals surface area contributed by atoms with Gasteiger partial charge < -0.3 is 0 Å². The molecule has 0 aliphatic carbocycles. The van der Waals surface area contributed by atoms with Crippen LogP contribution in [0.2, 0.25) is 5.02 Å². The van der Waals surface area contributed by atoms with E-state index in [4.69, 9.17) is 21.6 Å². The molecule has 0 atom stereocenters. The highest BCUT2D eigenvalue weighted by atomic mass is 35.5. The molecule has 6 rings (SSSR count). The average Bonchev–Trinajstić information content (AvgIpc) is 3.24. The lowest BCUT2D eigenvalue weighted by Crippen LogP contribution is -1.93. The molecule has 2 heterocycles. The predicted octanol–water partition coefficient (Wildman–Crippen LogP) is 8.50. The quantitative estimate of drug-likeness (QED) is 0.271. The topological polar surface area (TPSA) is 25.8 Å². The van der Waals surface area contributed by atoms with Crippen molar-refractivity contribution in [2.75, 3.05) is 0 Å². The molecular weight excluding hydrogens is 432 g/mol. The number of rotatable bonds is 3. The SMILES string of the molecule is Clc1cccc2sc3c(-c4ccccc4)nc(-c4ccc(-c5ccccc5)cc4)nc3c12. The molecule has 0 amide bonds. The van der Waals surface area contributed by atoms with E-state index in [1.165, 1.54) is 11.1 Å². The van der Waals surface area contributed by atoms with Crippen molar-refractivity contribution in [3.63, 3.8) is 0 Å². The van der Waals surface area contributed by atoms with E-state index in [0.29, 0.717) is 5.82 Å². The minimum atomic E-state index is 0.704. The Morgan fingerprint density at radius 1 is 0.562 bits per heavy atom. The van der Waals surface area contributed by atoms with Crippen LogP contribution in [0, 0.1) is 0 Å². The molecular formula is C28H17ClN2S. The zero-order valence-corrected chi connectivity index (χ0v) is 18.6. The van der Waals surface area contributed by atoms with Gasteiger partial charge in [-0.25, -0.2) is 9.97 Å². The molecule has 2 aromatic heterocycles. The van der Waals surface area contributed by atoms with Crippen molar-refractivity contribution in [1.29, 1.82) is 0 Å². The summed E-state index contributed by atoms with van der Waals surface area (Å²) < 4.78 is 2.18. The minimum absolute atomic E-state index is 0.704. The fourth-order valence-corrected chi connectivity index (χ4v) is 5.51. The highest BCUT2D eigenvalue weighted by Crippen LogP contribution is 2.41. The van der Waals surface area contributed by atoms with Crippen molar-refractivity contribution in [2.45, 2.75) is 0 Å². The third-order valence-corrected chi connectivity index (χ3v) is 7.05. The molecule has 6 aromatic rings. The van der Waals surface area contributed by atoms with E-state index >= 15 is 0 Å². The molecule has 4 aromatic carbocycles. The van der Waals surface area contributed by atoms with E-state index in [1.54, 1.807) is 11.3 Å². The summed E-state index contributed by atoms with van der Waals surface area (Å²) in [6.07, 6.45) is 0. The Labute approximate surface area is 194 Å². The fraction of sp³-hybridized carbons (Fsp3) is 0. The number of nitrogens with zero attached hydrogens (tertiary/aromatic N) is 2. The number of hydrogen-bond donors (Lipinski definition) is 0. The van der Waals surface area contributed by atoms with Crippen molar-refractivity contribution in [3.05, 3.63) is 108 Å². The molecule has 0 radical (unpaired) electrons. The molecule has 0 saturated carbocycles. The summed E-state index contributed by atoms with van der Waals surface area (Å²) in [6.45, 7) is 0. The zero-order chi connectivity index (χ0) is 21.5. The fourth-order valence-electron chi connectivity index (χ4n) is 4.01. The lowest BCUT2D eigenvalue weighted by molar-refractivity contribution is 1.24. The Kier molecular flexibility index (Phi) is 4.71. The van der Waals surface area contributed by atoms with Crippen LogP contribution >= 0.6 is 22.9 Å². The van der Waals surface area contributed by atoms with Gasteiger partial charge in [-0.05, 0) is 23.3 Å². The van der Waals surface area contributed by atoms with E-state index < -0.39 is 0 Å². The van der Waals surface area contributed by atoms with Gasteiger partial charge in [0, 0.05) is 21.2 Å². The van der Waals surface area contributed by atoms with Crippen LogP contribution in [-0.2, 0) is 0 Å². The van der Waals surface area contributed by atoms with Crippen molar-refractivity contribution >= 4 is 43.2 Å². The molecule has 0 bridgehead atoms. The molecule has 2 nitrogen and oxygen atoms in total. The molecule has 0 aliphatic rings. The summed E-state index contributed by atoms with van der Waals surface area (Å²) >= 11 is 8.30. The van der Waals surface area contributed by atoms with Gasteiger partial charge in [-0.1, -0.05) is 103 Å². The highest BCUT2D eigenvalue weighted by molar-refractivity contribution is 7.26.